The Morgan fingerprint density at radius 2 is 1.76 bits per heavy atom. The Kier molecular flexibility index (Phi) is 4.91. The second kappa shape index (κ2) is 6.88. The number of hydrogen-bond donors (Lipinski definition) is 2. The zero-order valence-corrected chi connectivity index (χ0v) is 12.5. The van der Waals surface area contributed by atoms with Crippen molar-refractivity contribution in [1.82, 2.24) is 5.32 Å². The summed E-state index contributed by atoms with van der Waals surface area (Å²) in [6.45, 7) is 1.60. The number of aliphatic hydroxyl groups excluding tert-OH is 1. The van der Waals surface area contributed by atoms with Crippen LogP contribution in [0.4, 0.5) is 0 Å². The van der Waals surface area contributed by atoms with Crippen molar-refractivity contribution in [2.75, 3.05) is 13.2 Å². The molecular formula is C17H25NO3. The van der Waals surface area contributed by atoms with Crippen LogP contribution in [0.5, 0.6) is 0 Å². The Morgan fingerprint density at radius 3 is 2.52 bits per heavy atom. The highest BCUT2D eigenvalue weighted by molar-refractivity contribution is 5.14. The number of hydrogen-bond acceptors (Lipinski definition) is 4. The van der Waals surface area contributed by atoms with E-state index in [1.54, 1.807) is 0 Å². The monoisotopic (exact) mass is 291 g/mol. The molecule has 21 heavy (non-hydrogen) atoms. The summed E-state index contributed by atoms with van der Waals surface area (Å²) in [6, 6.07) is 10.1. The largest absolute Gasteiger partial charge is 0.389 e. The zero-order chi connectivity index (χ0) is 14.5. The molecule has 0 unspecified atom stereocenters. The molecule has 116 valence electrons. The molecule has 2 fully saturated rings. The molecule has 4 heteroatoms. The van der Waals surface area contributed by atoms with Gasteiger partial charge in [0.25, 0.3) is 0 Å². The van der Waals surface area contributed by atoms with Gasteiger partial charge in [-0.25, -0.2) is 0 Å². The van der Waals surface area contributed by atoms with Crippen molar-refractivity contribution in [2.24, 2.45) is 0 Å². The highest BCUT2D eigenvalue weighted by Gasteiger charge is 2.39. The van der Waals surface area contributed by atoms with Gasteiger partial charge >= 0.3 is 0 Å². The number of nitrogens with one attached hydrogen (secondary N) is 1. The van der Waals surface area contributed by atoms with Gasteiger partial charge in [0.15, 0.2) is 5.79 Å². The lowest BCUT2D eigenvalue weighted by atomic mass is 9.94. The highest BCUT2D eigenvalue weighted by atomic mass is 16.7. The van der Waals surface area contributed by atoms with Crippen LogP contribution >= 0.6 is 0 Å². The van der Waals surface area contributed by atoms with Crippen molar-refractivity contribution >= 4 is 0 Å². The van der Waals surface area contributed by atoms with Gasteiger partial charge in [-0.1, -0.05) is 36.8 Å². The minimum absolute atomic E-state index is 0.0773. The van der Waals surface area contributed by atoms with Gasteiger partial charge in [-0.15, -0.1) is 0 Å². The second-order valence-corrected chi connectivity index (χ2v) is 6.13. The van der Waals surface area contributed by atoms with E-state index in [1.807, 2.05) is 18.2 Å². The van der Waals surface area contributed by atoms with Gasteiger partial charge in [0.2, 0.25) is 0 Å². The molecule has 4 nitrogen and oxygen atoms in total. The van der Waals surface area contributed by atoms with Crippen molar-refractivity contribution in [2.45, 2.75) is 56.6 Å². The third-order valence-electron chi connectivity index (χ3n) is 4.53. The lowest BCUT2D eigenvalue weighted by Crippen LogP contribution is -2.43. The summed E-state index contributed by atoms with van der Waals surface area (Å²) in [6.07, 6.45) is 4.94. The molecule has 2 aliphatic rings. The van der Waals surface area contributed by atoms with Gasteiger partial charge in [0.1, 0.15) is 0 Å². The predicted molar refractivity (Wildman–Crippen MR) is 80.8 cm³/mol. The molecule has 0 aromatic heterocycles. The van der Waals surface area contributed by atoms with Crippen molar-refractivity contribution < 1.29 is 14.6 Å². The zero-order valence-electron chi connectivity index (χ0n) is 12.5. The minimum Gasteiger partial charge on any atom is -0.389 e. The molecule has 0 amide bonds. The third-order valence-corrected chi connectivity index (χ3v) is 4.53. The summed E-state index contributed by atoms with van der Waals surface area (Å²) in [5.41, 5.74) is 1.21. The summed E-state index contributed by atoms with van der Waals surface area (Å²) in [7, 11) is 0. The van der Waals surface area contributed by atoms with E-state index < -0.39 is 11.9 Å². The van der Waals surface area contributed by atoms with E-state index in [4.69, 9.17) is 9.47 Å². The van der Waals surface area contributed by atoms with E-state index in [2.05, 4.69) is 17.4 Å². The van der Waals surface area contributed by atoms with Gasteiger partial charge in [-0.3, -0.25) is 0 Å². The predicted octanol–water partition coefficient (Wildman–Crippen LogP) is 2.21. The molecule has 1 heterocycles. The van der Waals surface area contributed by atoms with Crippen LogP contribution in [-0.2, 0) is 16.0 Å². The van der Waals surface area contributed by atoms with E-state index in [9.17, 15) is 5.11 Å². The quantitative estimate of drug-likeness (QED) is 0.896. The fraction of sp³-hybridized carbons (Fsp3) is 0.647. The van der Waals surface area contributed by atoms with Gasteiger partial charge in [0.05, 0.1) is 25.4 Å². The van der Waals surface area contributed by atoms with Crippen molar-refractivity contribution in [3.63, 3.8) is 0 Å². The van der Waals surface area contributed by atoms with Crippen LogP contribution in [0, 0.1) is 0 Å². The van der Waals surface area contributed by atoms with E-state index in [1.165, 1.54) is 12.0 Å². The molecule has 1 saturated carbocycles. The van der Waals surface area contributed by atoms with E-state index in [0.29, 0.717) is 13.2 Å². The molecule has 2 N–H and O–H groups in total. The van der Waals surface area contributed by atoms with Gasteiger partial charge < -0.3 is 19.9 Å². The molecule has 1 saturated heterocycles. The maximum absolute atomic E-state index is 10.3. The Hall–Kier alpha value is -0.940. The Balaban J connectivity index is 1.56. The van der Waals surface area contributed by atoms with Gasteiger partial charge in [0, 0.05) is 19.4 Å². The van der Waals surface area contributed by atoms with Crippen LogP contribution in [0.25, 0.3) is 0 Å². The van der Waals surface area contributed by atoms with Crippen LogP contribution in [0.3, 0.4) is 0 Å². The molecule has 1 spiro atoms. The Labute approximate surface area is 126 Å². The summed E-state index contributed by atoms with van der Waals surface area (Å²) in [4.78, 5) is 0. The number of ether oxygens (including phenoxy) is 2. The summed E-state index contributed by atoms with van der Waals surface area (Å²) < 4.78 is 12.0. The molecule has 1 aliphatic heterocycles. The lowest BCUT2D eigenvalue weighted by Gasteiger charge is -2.35. The van der Waals surface area contributed by atoms with Gasteiger partial charge in [-0.05, 0) is 18.4 Å². The molecule has 3 rings (SSSR count). The van der Waals surface area contributed by atoms with E-state index in [0.717, 1.165) is 32.2 Å². The van der Waals surface area contributed by atoms with Crippen molar-refractivity contribution in [3.05, 3.63) is 35.9 Å². The highest BCUT2D eigenvalue weighted by Crippen LogP contribution is 2.34. The Morgan fingerprint density at radius 1 is 1.05 bits per heavy atom. The normalized spacial score (nSPS) is 29.2. The second-order valence-electron chi connectivity index (χ2n) is 6.13. The molecule has 1 aliphatic carbocycles. The summed E-state index contributed by atoms with van der Waals surface area (Å²) in [5, 5.41) is 13.7. The fourth-order valence-corrected chi connectivity index (χ4v) is 3.17. The maximum Gasteiger partial charge on any atom is 0.168 e. The standard InChI is InChI=1S/C17H25NO3/c19-16-13-21-17(9-5-2-6-10-17)20-12-15(16)18-11-14-7-3-1-4-8-14/h1,3-4,7-8,15-16,18-19H,2,5-6,9-13H2/t15-,16-/m0/s1. The number of rotatable bonds is 3. The van der Waals surface area contributed by atoms with Crippen molar-refractivity contribution in [1.29, 1.82) is 0 Å². The van der Waals surface area contributed by atoms with Crippen LogP contribution in [0.1, 0.15) is 37.7 Å². The van der Waals surface area contributed by atoms with Crippen LogP contribution < -0.4 is 5.32 Å². The maximum atomic E-state index is 10.3. The van der Waals surface area contributed by atoms with Crippen LogP contribution in [-0.4, -0.2) is 36.3 Å². The smallest absolute Gasteiger partial charge is 0.168 e. The van der Waals surface area contributed by atoms with E-state index in [-0.39, 0.29) is 6.04 Å². The average Bonchev–Trinajstić information content (AvgIpc) is 2.68. The van der Waals surface area contributed by atoms with Gasteiger partial charge in [-0.2, -0.15) is 0 Å². The summed E-state index contributed by atoms with van der Waals surface area (Å²) in [5.74, 6) is -0.442. The SMILES string of the molecule is O[C@H]1COC2(CCCCC2)OC[C@@H]1NCc1ccccc1. The molecular weight excluding hydrogens is 266 g/mol. The van der Waals surface area contributed by atoms with Crippen molar-refractivity contribution in [3.8, 4) is 0 Å². The first kappa shape index (κ1) is 15.0. The van der Waals surface area contributed by atoms with Crippen LogP contribution in [0.15, 0.2) is 30.3 Å². The fourth-order valence-electron chi connectivity index (χ4n) is 3.17. The number of benzene rings is 1. The summed E-state index contributed by atoms with van der Waals surface area (Å²) >= 11 is 0. The third kappa shape index (κ3) is 3.83. The average molecular weight is 291 g/mol. The van der Waals surface area contributed by atoms with E-state index >= 15 is 0 Å². The molecule has 1 aromatic rings. The number of aliphatic hydroxyl groups is 1. The first-order chi connectivity index (χ1) is 10.3. The minimum atomic E-state index is -0.519. The first-order valence-corrected chi connectivity index (χ1v) is 8.01. The van der Waals surface area contributed by atoms with Crippen LogP contribution in [0.2, 0.25) is 0 Å². The topological polar surface area (TPSA) is 50.7 Å². The molecule has 2 atom stereocenters. The lowest BCUT2D eigenvalue weighted by molar-refractivity contribution is -0.244. The molecule has 0 radical (unpaired) electrons. The Bertz CT molecular complexity index is 431. The molecule has 0 bridgehead atoms. The molecule has 1 aromatic carbocycles. The first-order valence-electron chi connectivity index (χ1n) is 8.01.